The molecule has 1 N–H and O–H groups in total. The molecule has 8 nitrogen and oxygen atoms in total. The summed E-state index contributed by atoms with van der Waals surface area (Å²) in [4.78, 5) is 32.9. The third-order valence-electron chi connectivity index (χ3n) is 6.02. The summed E-state index contributed by atoms with van der Waals surface area (Å²) < 4.78 is 5.53. The van der Waals surface area contributed by atoms with Gasteiger partial charge in [0, 0.05) is 56.0 Å². The second-order valence-electron chi connectivity index (χ2n) is 8.31. The number of piperazine rings is 1. The van der Waals surface area contributed by atoms with Crippen molar-refractivity contribution < 1.29 is 14.1 Å². The first kappa shape index (κ1) is 22.8. The molecule has 1 aliphatic rings. The van der Waals surface area contributed by atoms with Gasteiger partial charge in [-0.15, -0.1) is 0 Å². The highest BCUT2D eigenvalue weighted by atomic mass is 16.5. The van der Waals surface area contributed by atoms with Gasteiger partial charge in [0.05, 0.1) is 6.04 Å². The number of carbonyl (C=O) groups excluding carboxylic acids is 2. The van der Waals surface area contributed by atoms with Crippen LogP contribution in [-0.2, 0) is 4.79 Å². The van der Waals surface area contributed by atoms with E-state index in [9.17, 15) is 9.59 Å². The van der Waals surface area contributed by atoms with Crippen LogP contribution in [0.1, 0.15) is 42.6 Å². The van der Waals surface area contributed by atoms with Crippen molar-refractivity contribution in [3.63, 3.8) is 0 Å². The highest BCUT2D eigenvalue weighted by Crippen LogP contribution is 2.23. The fraction of sp³-hybridized carbons (Fsp3) is 0.360. The summed E-state index contributed by atoms with van der Waals surface area (Å²) in [6, 6.07) is 16.8. The summed E-state index contributed by atoms with van der Waals surface area (Å²) in [7, 11) is 0. The quantitative estimate of drug-likeness (QED) is 0.527. The van der Waals surface area contributed by atoms with Gasteiger partial charge in [-0.3, -0.25) is 14.5 Å². The molecule has 33 heavy (non-hydrogen) atoms. The van der Waals surface area contributed by atoms with Crippen molar-refractivity contribution in [1.82, 2.24) is 19.9 Å². The lowest BCUT2D eigenvalue weighted by Gasteiger charge is -2.36. The molecular formula is C25H29N5O3. The number of carbonyl (C=O) groups is 2. The van der Waals surface area contributed by atoms with E-state index in [-0.39, 0.29) is 17.7 Å². The number of rotatable bonds is 8. The Morgan fingerprint density at radius 3 is 2.39 bits per heavy atom. The van der Waals surface area contributed by atoms with Crippen LogP contribution in [-0.4, -0.2) is 64.4 Å². The van der Waals surface area contributed by atoms with E-state index < -0.39 is 0 Å². The van der Waals surface area contributed by atoms with Crippen molar-refractivity contribution in [2.75, 3.05) is 38.0 Å². The van der Waals surface area contributed by atoms with Gasteiger partial charge in [-0.05, 0) is 38.1 Å². The number of hydrogen-bond donors (Lipinski definition) is 1. The minimum atomic E-state index is -0.0272. The maximum atomic E-state index is 12.3. The fourth-order valence-electron chi connectivity index (χ4n) is 3.91. The maximum Gasteiger partial charge on any atom is 0.244 e. The van der Waals surface area contributed by atoms with Crippen molar-refractivity contribution in [2.45, 2.75) is 26.3 Å². The monoisotopic (exact) mass is 447 g/mol. The second kappa shape index (κ2) is 10.5. The van der Waals surface area contributed by atoms with E-state index in [4.69, 9.17) is 4.52 Å². The number of hydrogen-bond acceptors (Lipinski definition) is 7. The Morgan fingerprint density at radius 1 is 1.03 bits per heavy atom. The first-order valence-electron chi connectivity index (χ1n) is 11.3. The lowest BCUT2D eigenvalue weighted by atomic mass is 10.1. The van der Waals surface area contributed by atoms with Gasteiger partial charge >= 0.3 is 0 Å². The molecule has 0 radical (unpaired) electrons. The summed E-state index contributed by atoms with van der Waals surface area (Å²) in [5.41, 5.74) is 2.28. The first-order valence-corrected chi connectivity index (χ1v) is 11.3. The highest BCUT2D eigenvalue weighted by molar-refractivity contribution is 5.95. The molecule has 2 heterocycles. The van der Waals surface area contributed by atoms with Gasteiger partial charge in [0.15, 0.2) is 5.78 Å². The number of aromatic nitrogens is 2. The average molecular weight is 448 g/mol. The molecule has 1 saturated heterocycles. The summed E-state index contributed by atoms with van der Waals surface area (Å²) in [6.07, 6.45) is 0.425. The molecule has 1 aliphatic heterocycles. The maximum absolute atomic E-state index is 12.3. The summed E-state index contributed by atoms with van der Waals surface area (Å²) in [5, 5.41) is 7.03. The van der Waals surface area contributed by atoms with Gasteiger partial charge in [-0.25, -0.2) is 0 Å². The van der Waals surface area contributed by atoms with E-state index in [2.05, 4.69) is 32.2 Å². The standard InChI is InChI=1S/C25H29N5O3/c1-18(25-27-24(28-33-25)21-6-4-3-5-7-21)30-16-14-29(15-17-30)13-12-23(32)26-22-10-8-20(9-11-22)19(2)31/h3-11,18H,12-17H2,1-2H3,(H,26,32). The molecule has 0 saturated carbocycles. The number of benzene rings is 2. The van der Waals surface area contributed by atoms with Crippen LogP contribution in [0.4, 0.5) is 5.69 Å². The Balaban J connectivity index is 1.21. The van der Waals surface area contributed by atoms with Crippen molar-refractivity contribution in [3.05, 3.63) is 66.1 Å². The predicted octanol–water partition coefficient (Wildman–Crippen LogP) is 3.65. The largest absolute Gasteiger partial charge is 0.337 e. The second-order valence-corrected chi connectivity index (χ2v) is 8.31. The van der Waals surface area contributed by atoms with Crippen LogP contribution in [0.3, 0.4) is 0 Å². The molecule has 0 spiro atoms. The van der Waals surface area contributed by atoms with Crippen molar-refractivity contribution in [3.8, 4) is 11.4 Å². The summed E-state index contributed by atoms with van der Waals surface area (Å²) in [5.74, 6) is 1.22. The SMILES string of the molecule is CC(=O)c1ccc(NC(=O)CCN2CCN(C(C)c3nc(-c4ccccc4)no3)CC2)cc1. The van der Waals surface area contributed by atoms with Crippen LogP contribution in [0.5, 0.6) is 0 Å². The molecule has 1 fully saturated rings. The van der Waals surface area contributed by atoms with Crippen LogP contribution < -0.4 is 5.32 Å². The number of amides is 1. The molecule has 3 aromatic rings. The number of nitrogens with one attached hydrogen (secondary N) is 1. The molecule has 2 aromatic carbocycles. The number of Topliss-reactive ketones (excluding diaryl/α,β-unsaturated/α-hetero) is 1. The molecule has 0 aliphatic carbocycles. The molecule has 1 aromatic heterocycles. The summed E-state index contributed by atoms with van der Waals surface area (Å²) >= 11 is 0. The van der Waals surface area contributed by atoms with Gasteiger partial charge < -0.3 is 14.7 Å². The van der Waals surface area contributed by atoms with Crippen molar-refractivity contribution >= 4 is 17.4 Å². The van der Waals surface area contributed by atoms with E-state index in [1.54, 1.807) is 24.3 Å². The van der Waals surface area contributed by atoms with Crippen molar-refractivity contribution in [1.29, 1.82) is 0 Å². The molecule has 4 rings (SSSR count). The van der Waals surface area contributed by atoms with E-state index in [1.807, 2.05) is 30.3 Å². The molecule has 172 valence electrons. The Labute approximate surface area is 193 Å². The summed E-state index contributed by atoms with van der Waals surface area (Å²) in [6.45, 7) is 7.82. The zero-order valence-electron chi connectivity index (χ0n) is 19.0. The first-order chi connectivity index (χ1) is 16.0. The number of anilines is 1. The smallest absolute Gasteiger partial charge is 0.244 e. The minimum Gasteiger partial charge on any atom is -0.337 e. The zero-order valence-corrected chi connectivity index (χ0v) is 19.0. The minimum absolute atomic E-state index is 0.0112. The Morgan fingerprint density at radius 2 is 1.73 bits per heavy atom. The van der Waals surface area contributed by atoms with Gasteiger partial charge in [-0.1, -0.05) is 35.5 Å². The Hall–Kier alpha value is -3.36. The average Bonchev–Trinajstić information content (AvgIpc) is 3.34. The van der Waals surface area contributed by atoms with E-state index in [0.717, 1.165) is 31.7 Å². The van der Waals surface area contributed by atoms with Gasteiger partial charge in [0.25, 0.3) is 0 Å². The molecular weight excluding hydrogens is 418 g/mol. The Kier molecular flexibility index (Phi) is 7.26. The van der Waals surface area contributed by atoms with E-state index in [0.29, 0.717) is 35.9 Å². The third-order valence-corrected chi connectivity index (χ3v) is 6.02. The van der Waals surface area contributed by atoms with Gasteiger partial charge in [0.2, 0.25) is 17.6 Å². The molecule has 1 atom stereocenters. The van der Waals surface area contributed by atoms with Gasteiger partial charge in [0.1, 0.15) is 0 Å². The van der Waals surface area contributed by atoms with Crippen LogP contribution >= 0.6 is 0 Å². The fourth-order valence-corrected chi connectivity index (χ4v) is 3.91. The van der Waals surface area contributed by atoms with Crippen LogP contribution in [0, 0.1) is 0 Å². The predicted molar refractivity (Wildman–Crippen MR) is 126 cm³/mol. The lowest BCUT2D eigenvalue weighted by molar-refractivity contribution is -0.116. The van der Waals surface area contributed by atoms with Gasteiger partial charge in [-0.2, -0.15) is 4.98 Å². The molecule has 0 bridgehead atoms. The van der Waals surface area contributed by atoms with E-state index in [1.165, 1.54) is 6.92 Å². The molecule has 1 unspecified atom stereocenters. The zero-order chi connectivity index (χ0) is 23.2. The molecule has 8 heteroatoms. The topological polar surface area (TPSA) is 91.6 Å². The number of ketones is 1. The Bertz CT molecular complexity index is 1070. The van der Waals surface area contributed by atoms with Crippen LogP contribution in [0.2, 0.25) is 0 Å². The van der Waals surface area contributed by atoms with E-state index >= 15 is 0 Å². The normalized spacial score (nSPS) is 15.8. The highest BCUT2D eigenvalue weighted by Gasteiger charge is 2.26. The molecule has 1 amide bonds. The van der Waals surface area contributed by atoms with Crippen LogP contribution in [0.15, 0.2) is 59.1 Å². The van der Waals surface area contributed by atoms with Crippen LogP contribution in [0.25, 0.3) is 11.4 Å². The van der Waals surface area contributed by atoms with Crippen molar-refractivity contribution in [2.24, 2.45) is 0 Å². The number of nitrogens with zero attached hydrogens (tertiary/aromatic N) is 4. The lowest BCUT2D eigenvalue weighted by Crippen LogP contribution is -2.47. The third kappa shape index (κ3) is 5.91.